The van der Waals surface area contributed by atoms with Gasteiger partial charge < -0.3 is 9.47 Å². The van der Waals surface area contributed by atoms with Crippen molar-refractivity contribution in [1.29, 1.82) is 0 Å². The van der Waals surface area contributed by atoms with Crippen LogP contribution in [0.4, 0.5) is 0 Å². The zero-order valence-corrected chi connectivity index (χ0v) is 17.5. The van der Waals surface area contributed by atoms with Gasteiger partial charge in [0.15, 0.2) is 0 Å². The van der Waals surface area contributed by atoms with E-state index < -0.39 is 0 Å². The van der Waals surface area contributed by atoms with Crippen LogP contribution in [-0.4, -0.2) is 72.5 Å². The summed E-state index contributed by atoms with van der Waals surface area (Å²) in [4.78, 5) is 5.22. The van der Waals surface area contributed by atoms with E-state index in [0.29, 0.717) is 12.1 Å². The molecule has 1 fully saturated rings. The summed E-state index contributed by atoms with van der Waals surface area (Å²) >= 11 is 0. The molecule has 0 amide bonds. The second-order valence-electron chi connectivity index (χ2n) is 9.32. The van der Waals surface area contributed by atoms with Crippen LogP contribution in [0.1, 0.15) is 68.2 Å². The maximum absolute atomic E-state index is 5.88. The van der Waals surface area contributed by atoms with Gasteiger partial charge in [-0.25, -0.2) is 0 Å². The predicted molar refractivity (Wildman–Crippen MR) is 103 cm³/mol. The Kier molecular flexibility index (Phi) is 8.67. The van der Waals surface area contributed by atoms with Crippen LogP contribution in [0.5, 0.6) is 0 Å². The van der Waals surface area contributed by atoms with E-state index in [-0.39, 0.29) is 11.2 Å². The number of unbranched alkanes of at least 4 members (excludes halogenated alkanes) is 1. The molecule has 1 aliphatic rings. The highest BCUT2D eigenvalue weighted by molar-refractivity contribution is 4.84. The average Bonchev–Trinajstić information content (AvgIpc) is 2.38. The van der Waals surface area contributed by atoms with E-state index in [0.717, 1.165) is 39.3 Å². The smallest absolute Gasteiger partial charge is 0.0600 e. The topological polar surface area (TPSA) is 24.9 Å². The average molecular weight is 343 g/mol. The number of ether oxygens (including phenoxy) is 2. The van der Waals surface area contributed by atoms with Crippen molar-refractivity contribution in [1.82, 2.24) is 9.80 Å². The number of hydrogen-bond donors (Lipinski definition) is 0. The molecule has 0 aromatic heterocycles. The Morgan fingerprint density at radius 1 is 0.750 bits per heavy atom. The highest BCUT2D eigenvalue weighted by atomic mass is 16.5. The third-order valence-corrected chi connectivity index (χ3v) is 4.47. The first-order chi connectivity index (χ1) is 11.0. The summed E-state index contributed by atoms with van der Waals surface area (Å²) in [5, 5.41) is 0. The first-order valence-electron chi connectivity index (χ1n) is 9.74. The Morgan fingerprint density at radius 2 is 1.25 bits per heavy atom. The molecular weight excluding hydrogens is 300 g/mol. The quantitative estimate of drug-likeness (QED) is 0.627. The molecule has 2 unspecified atom stereocenters. The lowest BCUT2D eigenvalue weighted by atomic mass is 10.1. The van der Waals surface area contributed by atoms with Gasteiger partial charge >= 0.3 is 0 Å². The third-order valence-electron chi connectivity index (χ3n) is 4.47. The molecule has 24 heavy (non-hydrogen) atoms. The van der Waals surface area contributed by atoms with E-state index in [9.17, 15) is 0 Å². The van der Waals surface area contributed by atoms with Crippen molar-refractivity contribution in [2.75, 3.05) is 39.4 Å². The fraction of sp³-hybridized carbons (Fsp3) is 1.00. The fourth-order valence-electron chi connectivity index (χ4n) is 3.35. The molecule has 144 valence electrons. The van der Waals surface area contributed by atoms with Gasteiger partial charge in [-0.3, -0.25) is 9.80 Å². The summed E-state index contributed by atoms with van der Waals surface area (Å²) in [6, 6.07) is 1.24. The van der Waals surface area contributed by atoms with Gasteiger partial charge in [0.2, 0.25) is 0 Å². The minimum Gasteiger partial charge on any atom is -0.376 e. The highest BCUT2D eigenvalue weighted by Crippen LogP contribution is 2.17. The van der Waals surface area contributed by atoms with Crippen LogP contribution >= 0.6 is 0 Å². The minimum atomic E-state index is -0.0336. The van der Waals surface area contributed by atoms with Crippen LogP contribution in [-0.2, 0) is 9.47 Å². The first kappa shape index (κ1) is 21.9. The van der Waals surface area contributed by atoms with Crippen molar-refractivity contribution in [3.05, 3.63) is 0 Å². The Bertz CT molecular complexity index is 335. The van der Waals surface area contributed by atoms with E-state index in [4.69, 9.17) is 9.47 Å². The monoisotopic (exact) mass is 342 g/mol. The molecule has 0 N–H and O–H groups in total. The van der Waals surface area contributed by atoms with Gasteiger partial charge in [0.05, 0.1) is 17.8 Å². The van der Waals surface area contributed by atoms with Gasteiger partial charge in [0.1, 0.15) is 0 Å². The Labute approximate surface area is 150 Å². The van der Waals surface area contributed by atoms with Crippen LogP contribution in [0.2, 0.25) is 0 Å². The number of rotatable bonds is 8. The van der Waals surface area contributed by atoms with Gasteiger partial charge in [-0.1, -0.05) is 0 Å². The molecule has 0 aliphatic carbocycles. The lowest BCUT2D eigenvalue weighted by molar-refractivity contribution is -0.0307. The van der Waals surface area contributed by atoms with Gasteiger partial charge in [-0.15, -0.1) is 0 Å². The van der Waals surface area contributed by atoms with Gasteiger partial charge in [-0.05, 0) is 74.8 Å². The van der Waals surface area contributed by atoms with Crippen molar-refractivity contribution in [2.45, 2.75) is 91.5 Å². The molecule has 2 atom stereocenters. The molecular formula is C20H42N2O2. The molecule has 0 aromatic carbocycles. The Hall–Kier alpha value is -0.160. The zero-order valence-electron chi connectivity index (χ0n) is 17.5. The zero-order chi connectivity index (χ0) is 18.4. The Morgan fingerprint density at radius 3 is 1.75 bits per heavy atom. The molecule has 1 aliphatic heterocycles. The normalized spacial score (nSPS) is 24.5. The van der Waals surface area contributed by atoms with Crippen LogP contribution < -0.4 is 0 Å². The molecule has 4 heteroatoms. The molecule has 0 radical (unpaired) electrons. The molecule has 0 saturated carbocycles. The van der Waals surface area contributed by atoms with E-state index >= 15 is 0 Å². The number of hydrogen-bond acceptors (Lipinski definition) is 4. The predicted octanol–water partition coefficient (Wildman–Crippen LogP) is 3.79. The second-order valence-corrected chi connectivity index (χ2v) is 9.32. The summed E-state index contributed by atoms with van der Waals surface area (Å²) in [7, 11) is 0. The van der Waals surface area contributed by atoms with Crippen molar-refractivity contribution in [3.8, 4) is 0 Å². The third kappa shape index (κ3) is 9.36. The second kappa shape index (κ2) is 9.51. The van der Waals surface area contributed by atoms with Crippen molar-refractivity contribution >= 4 is 0 Å². The fourth-order valence-corrected chi connectivity index (χ4v) is 3.35. The molecule has 1 heterocycles. The summed E-state index contributed by atoms with van der Waals surface area (Å²) in [6.07, 6.45) is 2.37. The van der Waals surface area contributed by atoms with Crippen LogP contribution in [0.3, 0.4) is 0 Å². The van der Waals surface area contributed by atoms with Gasteiger partial charge in [-0.2, -0.15) is 0 Å². The first-order valence-corrected chi connectivity index (χ1v) is 9.74. The van der Waals surface area contributed by atoms with Crippen molar-refractivity contribution < 1.29 is 9.47 Å². The van der Waals surface area contributed by atoms with Crippen LogP contribution in [0.25, 0.3) is 0 Å². The van der Waals surface area contributed by atoms with Crippen LogP contribution in [0.15, 0.2) is 0 Å². The van der Waals surface area contributed by atoms with Gasteiger partial charge in [0.25, 0.3) is 0 Å². The summed E-state index contributed by atoms with van der Waals surface area (Å²) in [5.41, 5.74) is -0.0461. The maximum atomic E-state index is 5.88. The summed E-state index contributed by atoms with van der Waals surface area (Å²) in [5.74, 6) is 0. The van der Waals surface area contributed by atoms with Crippen molar-refractivity contribution in [3.63, 3.8) is 0 Å². The molecule has 1 saturated heterocycles. The van der Waals surface area contributed by atoms with Crippen molar-refractivity contribution in [2.24, 2.45) is 0 Å². The minimum absolute atomic E-state index is 0.0126. The highest BCUT2D eigenvalue weighted by Gasteiger charge is 2.28. The SMILES string of the molecule is CC1CN(CCOC(C)(C)C)CC(C)N1CCCCOC(C)(C)C. The standard InChI is InChI=1S/C20H42N2O2/c1-17-15-21(12-14-24-20(6,7)8)16-18(2)22(17)11-9-10-13-23-19(3,4)5/h17-18H,9-16H2,1-8H3. The van der Waals surface area contributed by atoms with E-state index in [2.05, 4.69) is 65.2 Å². The number of nitrogens with zero attached hydrogens (tertiary/aromatic N) is 2. The maximum Gasteiger partial charge on any atom is 0.0600 e. The van der Waals surface area contributed by atoms with Gasteiger partial charge in [0, 0.05) is 38.3 Å². The van der Waals surface area contributed by atoms with E-state index in [1.54, 1.807) is 0 Å². The molecule has 0 spiro atoms. The summed E-state index contributed by atoms with van der Waals surface area (Å²) < 4.78 is 11.7. The van der Waals surface area contributed by atoms with E-state index in [1.807, 2.05) is 0 Å². The largest absolute Gasteiger partial charge is 0.376 e. The molecule has 0 aromatic rings. The molecule has 4 nitrogen and oxygen atoms in total. The van der Waals surface area contributed by atoms with E-state index in [1.165, 1.54) is 13.0 Å². The lowest BCUT2D eigenvalue weighted by Gasteiger charge is -2.44. The lowest BCUT2D eigenvalue weighted by Crippen LogP contribution is -2.57. The summed E-state index contributed by atoms with van der Waals surface area (Å²) in [6.45, 7) is 23.7. The number of piperazine rings is 1. The van der Waals surface area contributed by atoms with Crippen LogP contribution in [0, 0.1) is 0 Å². The molecule has 0 bridgehead atoms. The molecule has 1 rings (SSSR count). The Balaban J connectivity index is 2.25.